The number of hydrogen-bond acceptors (Lipinski definition) is 3. The van der Waals surface area contributed by atoms with Crippen LogP contribution in [0.5, 0.6) is 0 Å². The third-order valence-electron chi connectivity index (χ3n) is 4.44. The first-order valence-corrected chi connectivity index (χ1v) is 7.01. The third kappa shape index (κ3) is 3.95. The maximum absolute atomic E-state index is 12.0. The van der Waals surface area contributed by atoms with Gasteiger partial charge in [0.05, 0.1) is 6.61 Å². The predicted molar refractivity (Wildman–Crippen MR) is 71.2 cm³/mol. The third-order valence-corrected chi connectivity index (χ3v) is 4.44. The predicted octanol–water partition coefficient (Wildman–Crippen LogP) is 1.57. The Balaban J connectivity index is 2.45. The molecule has 1 aliphatic heterocycles. The van der Waals surface area contributed by atoms with Crippen LogP contribution in [0.3, 0.4) is 0 Å². The van der Waals surface area contributed by atoms with Crippen molar-refractivity contribution in [1.82, 2.24) is 5.32 Å². The Labute approximate surface area is 110 Å². The Hall–Kier alpha value is -0.610. The van der Waals surface area contributed by atoms with Crippen LogP contribution in [0.2, 0.25) is 0 Å². The number of hydrogen-bond donors (Lipinski definition) is 2. The van der Waals surface area contributed by atoms with Gasteiger partial charge in [-0.05, 0) is 18.8 Å². The minimum atomic E-state index is -0.177. The monoisotopic (exact) mass is 257 g/mol. The summed E-state index contributed by atoms with van der Waals surface area (Å²) in [6, 6.07) is 0. The number of carbonyl (C=O) groups excluding carboxylic acids is 1. The zero-order chi connectivity index (χ0) is 13.6. The van der Waals surface area contributed by atoms with E-state index < -0.39 is 0 Å². The van der Waals surface area contributed by atoms with Crippen LogP contribution >= 0.6 is 0 Å². The Morgan fingerprint density at radius 3 is 2.50 bits per heavy atom. The van der Waals surface area contributed by atoms with Crippen LogP contribution in [0, 0.1) is 17.3 Å². The van der Waals surface area contributed by atoms with Gasteiger partial charge in [0.2, 0.25) is 5.91 Å². The highest BCUT2D eigenvalue weighted by Crippen LogP contribution is 2.29. The molecule has 1 amide bonds. The summed E-state index contributed by atoms with van der Waals surface area (Å²) >= 11 is 0. The first-order chi connectivity index (χ1) is 8.54. The lowest BCUT2D eigenvalue weighted by Crippen LogP contribution is -2.45. The largest absolute Gasteiger partial charge is 0.396 e. The van der Waals surface area contributed by atoms with Crippen molar-refractivity contribution in [1.29, 1.82) is 0 Å². The average Bonchev–Trinajstić information content (AvgIpc) is 2.44. The van der Waals surface area contributed by atoms with Gasteiger partial charge in [-0.25, -0.2) is 0 Å². The van der Waals surface area contributed by atoms with E-state index in [9.17, 15) is 9.90 Å². The molecule has 2 unspecified atom stereocenters. The number of carbonyl (C=O) groups is 1. The molecule has 1 heterocycles. The molecule has 106 valence electrons. The fourth-order valence-electron chi connectivity index (χ4n) is 2.24. The molecule has 18 heavy (non-hydrogen) atoms. The number of nitrogens with one attached hydrogen (secondary N) is 1. The highest BCUT2D eigenvalue weighted by molar-refractivity contribution is 5.78. The lowest BCUT2D eigenvalue weighted by molar-refractivity contribution is -0.127. The van der Waals surface area contributed by atoms with E-state index in [4.69, 9.17) is 4.74 Å². The molecule has 0 radical (unpaired) electrons. The topological polar surface area (TPSA) is 58.6 Å². The highest BCUT2D eigenvalue weighted by atomic mass is 16.5. The maximum atomic E-state index is 12.0. The van der Waals surface area contributed by atoms with Crippen LogP contribution in [0.15, 0.2) is 0 Å². The molecule has 1 aliphatic rings. The van der Waals surface area contributed by atoms with Gasteiger partial charge in [-0.3, -0.25) is 4.79 Å². The smallest absolute Gasteiger partial charge is 0.223 e. The van der Waals surface area contributed by atoms with Gasteiger partial charge in [-0.1, -0.05) is 27.2 Å². The van der Waals surface area contributed by atoms with E-state index in [1.54, 1.807) is 0 Å². The van der Waals surface area contributed by atoms with E-state index in [0.717, 1.165) is 19.3 Å². The molecular weight excluding hydrogens is 230 g/mol. The second-order valence-electron chi connectivity index (χ2n) is 5.66. The summed E-state index contributed by atoms with van der Waals surface area (Å²) in [5.41, 5.74) is -0.177. The fraction of sp³-hybridized carbons (Fsp3) is 0.929. The molecule has 4 nitrogen and oxygen atoms in total. The molecular formula is C14H27NO3. The Morgan fingerprint density at radius 1 is 1.39 bits per heavy atom. The lowest BCUT2D eigenvalue weighted by Gasteiger charge is -2.36. The van der Waals surface area contributed by atoms with Crippen LogP contribution in [0.4, 0.5) is 0 Å². The Kier molecular flexibility index (Phi) is 6.09. The molecule has 2 atom stereocenters. The van der Waals surface area contributed by atoms with Crippen molar-refractivity contribution in [2.75, 3.05) is 26.4 Å². The van der Waals surface area contributed by atoms with Crippen molar-refractivity contribution in [2.45, 2.75) is 40.0 Å². The van der Waals surface area contributed by atoms with Gasteiger partial charge in [0.15, 0.2) is 0 Å². The number of ether oxygens (including phenoxy) is 1. The van der Waals surface area contributed by atoms with Crippen molar-refractivity contribution in [3.63, 3.8) is 0 Å². The quantitative estimate of drug-likeness (QED) is 0.759. The normalized spacial score (nSPS) is 22.2. The van der Waals surface area contributed by atoms with Crippen molar-refractivity contribution < 1.29 is 14.6 Å². The summed E-state index contributed by atoms with van der Waals surface area (Å²) in [5.74, 6) is 0.527. The minimum Gasteiger partial charge on any atom is -0.396 e. The van der Waals surface area contributed by atoms with Gasteiger partial charge in [-0.15, -0.1) is 0 Å². The lowest BCUT2D eigenvalue weighted by atomic mass is 9.80. The summed E-state index contributed by atoms with van der Waals surface area (Å²) in [6.45, 7) is 8.21. The molecule has 1 rings (SSSR count). The van der Waals surface area contributed by atoms with Gasteiger partial charge < -0.3 is 15.2 Å². The molecule has 2 N–H and O–H groups in total. The summed E-state index contributed by atoms with van der Waals surface area (Å²) in [5, 5.41) is 12.5. The molecule has 0 aliphatic carbocycles. The standard InChI is InChI=1S/C14H27NO3/c1-4-11(2)12(3)13(17)15-9-14(10-16)5-7-18-8-6-14/h11-12,16H,4-10H2,1-3H3,(H,15,17). The minimum absolute atomic E-state index is 0.0329. The van der Waals surface area contributed by atoms with E-state index in [1.165, 1.54) is 0 Å². The first-order valence-electron chi connectivity index (χ1n) is 7.01. The molecule has 0 spiro atoms. The number of aliphatic hydroxyl groups excluding tert-OH is 1. The second kappa shape index (κ2) is 7.10. The summed E-state index contributed by atoms with van der Waals surface area (Å²) in [4.78, 5) is 12.0. The summed E-state index contributed by atoms with van der Waals surface area (Å²) in [6.07, 6.45) is 2.65. The summed E-state index contributed by atoms with van der Waals surface area (Å²) < 4.78 is 5.31. The van der Waals surface area contributed by atoms with E-state index in [0.29, 0.717) is 25.7 Å². The molecule has 4 heteroatoms. The zero-order valence-corrected chi connectivity index (χ0v) is 11.9. The van der Waals surface area contributed by atoms with Crippen molar-refractivity contribution >= 4 is 5.91 Å². The van der Waals surface area contributed by atoms with Gasteiger partial charge >= 0.3 is 0 Å². The number of rotatable bonds is 6. The molecule has 0 saturated carbocycles. The van der Waals surface area contributed by atoms with Gasteiger partial charge in [0.25, 0.3) is 0 Å². The van der Waals surface area contributed by atoms with Crippen molar-refractivity contribution in [3.8, 4) is 0 Å². The molecule has 0 aromatic carbocycles. The van der Waals surface area contributed by atoms with E-state index in [-0.39, 0.29) is 23.8 Å². The fourth-order valence-corrected chi connectivity index (χ4v) is 2.24. The van der Waals surface area contributed by atoms with Crippen molar-refractivity contribution in [3.05, 3.63) is 0 Å². The molecule has 0 aromatic heterocycles. The van der Waals surface area contributed by atoms with Gasteiger partial charge in [0.1, 0.15) is 0 Å². The zero-order valence-electron chi connectivity index (χ0n) is 11.9. The number of amides is 1. The van der Waals surface area contributed by atoms with Gasteiger partial charge in [-0.2, -0.15) is 0 Å². The Morgan fingerprint density at radius 2 is 2.00 bits per heavy atom. The number of aliphatic hydroxyl groups is 1. The van der Waals surface area contributed by atoms with Crippen LogP contribution in [0.1, 0.15) is 40.0 Å². The van der Waals surface area contributed by atoms with E-state index >= 15 is 0 Å². The maximum Gasteiger partial charge on any atom is 0.223 e. The van der Waals surface area contributed by atoms with Crippen LogP contribution in [-0.4, -0.2) is 37.4 Å². The van der Waals surface area contributed by atoms with Crippen LogP contribution < -0.4 is 5.32 Å². The van der Waals surface area contributed by atoms with Crippen LogP contribution in [-0.2, 0) is 9.53 Å². The molecule has 1 saturated heterocycles. The molecule has 1 fully saturated rings. The molecule has 0 aromatic rings. The highest BCUT2D eigenvalue weighted by Gasteiger charge is 2.33. The van der Waals surface area contributed by atoms with Gasteiger partial charge in [0, 0.05) is 31.1 Å². The second-order valence-corrected chi connectivity index (χ2v) is 5.66. The van der Waals surface area contributed by atoms with Crippen LogP contribution in [0.25, 0.3) is 0 Å². The molecule has 0 bridgehead atoms. The van der Waals surface area contributed by atoms with E-state index in [1.807, 2.05) is 6.92 Å². The first kappa shape index (κ1) is 15.4. The SMILES string of the molecule is CCC(C)C(C)C(=O)NCC1(CO)CCOCC1. The average molecular weight is 257 g/mol. The summed E-state index contributed by atoms with van der Waals surface area (Å²) in [7, 11) is 0. The van der Waals surface area contributed by atoms with E-state index in [2.05, 4.69) is 19.2 Å². The van der Waals surface area contributed by atoms with Crippen molar-refractivity contribution in [2.24, 2.45) is 17.3 Å². The Bertz CT molecular complexity index is 262.